The fraction of sp³-hybridized carbons (Fsp3) is 0.321. The molecule has 0 fully saturated rings. The fourth-order valence-corrected chi connectivity index (χ4v) is 4.92. The van der Waals surface area contributed by atoms with E-state index in [-0.39, 0.29) is 24.1 Å². The van der Waals surface area contributed by atoms with E-state index in [2.05, 4.69) is 5.32 Å². The number of dihydropyridines is 1. The van der Waals surface area contributed by atoms with E-state index in [1.54, 1.807) is 25.1 Å². The Morgan fingerprint density at radius 2 is 1.77 bits per heavy atom. The molecule has 2 atom stereocenters. The van der Waals surface area contributed by atoms with Crippen LogP contribution in [0.1, 0.15) is 56.6 Å². The summed E-state index contributed by atoms with van der Waals surface area (Å²) in [5.74, 6) is -0.942. The quantitative estimate of drug-likeness (QED) is 0.484. The van der Waals surface area contributed by atoms with Crippen LogP contribution in [0.2, 0.25) is 0 Å². The number of allylic oxidation sites excluding steroid dienone is 3. The van der Waals surface area contributed by atoms with E-state index in [0.29, 0.717) is 41.0 Å². The zero-order valence-electron chi connectivity index (χ0n) is 20.3. The molecule has 4 rings (SSSR count). The molecule has 1 N–H and O–H groups in total. The van der Waals surface area contributed by atoms with E-state index in [4.69, 9.17) is 14.2 Å². The maximum atomic E-state index is 13.6. The van der Waals surface area contributed by atoms with Gasteiger partial charge in [0, 0.05) is 36.2 Å². The van der Waals surface area contributed by atoms with Gasteiger partial charge in [-0.25, -0.2) is 4.79 Å². The molecule has 2 aromatic carbocycles. The summed E-state index contributed by atoms with van der Waals surface area (Å²) < 4.78 is 16.1. The van der Waals surface area contributed by atoms with Crippen LogP contribution in [0, 0.1) is 0 Å². The molecule has 0 unspecified atom stereocenters. The number of ketones is 1. The summed E-state index contributed by atoms with van der Waals surface area (Å²) in [4.78, 5) is 38.2. The topological polar surface area (TPSA) is 90.9 Å². The van der Waals surface area contributed by atoms with Crippen molar-refractivity contribution in [3.63, 3.8) is 0 Å². The van der Waals surface area contributed by atoms with Gasteiger partial charge in [0.1, 0.15) is 0 Å². The monoisotopic (exact) mass is 475 g/mol. The molecule has 1 aliphatic carbocycles. The van der Waals surface area contributed by atoms with Gasteiger partial charge < -0.3 is 19.5 Å². The highest BCUT2D eigenvalue weighted by molar-refractivity contribution is 6.04. The summed E-state index contributed by atoms with van der Waals surface area (Å²) >= 11 is 0. The zero-order chi connectivity index (χ0) is 25.1. The van der Waals surface area contributed by atoms with Crippen LogP contribution >= 0.6 is 0 Å². The molecule has 7 nitrogen and oxygen atoms in total. The normalized spacial score (nSPS) is 19.6. The molecule has 2 aromatic rings. The van der Waals surface area contributed by atoms with Gasteiger partial charge >= 0.3 is 11.9 Å². The van der Waals surface area contributed by atoms with Crippen LogP contribution in [0.3, 0.4) is 0 Å². The van der Waals surface area contributed by atoms with Crippen molar-refractivity contribution in [3.8, 4) is 11.5 Å². The predicted octanol–water partition coefficient (Wildman–Crippen LogP) is 4.55. The first-order valence-corrected chi connectivity index (χ1v) is 11.7. The zero-order valence-corrected chi connectivity index (χ0v) is 20.3. The number of hydrogen-bond acceptors (Lipinski definition) is 7. The van der Waals surface area contributed by atoms with Crippen LogP contribution in [-0.4, -0.2) is 31.4 Å². The lowest BCUT2D eigenvalue weighted by molar-refractivity contribution is -0.139. The van der Waals surface area contributed by atoms with Crippen LogP contribution in [0.5, 0.6) is 11.5 Å². The smallest absolute Gasteiger partial charge is 0.336 e. The van der Waals surface area contributed by atoms with E-state index in [9.17, 15) is 14.4 Å². The predicted molar refractivity (Wildman–Crippen MR) is 130 cm³/mol. The highest BCUT2D eigenvalue weighted by Gasteiger charge is 2.41. The third-order valence-corrected chi connectivity index (χ3v) is 6.37. The van der Waals surface area contributed by atoms with E-state index in [1.807, 2.05) is 37.3 Å². The van der Waals surface area contributed by atoms with Gasteiger partial charge in [-0.3, -0.25) is 9.59 Å². The standard InChI is InChI=1S/C28H29NO6/c1-5-34-28(32)25-16(2)29-21-13-20(18-9-7-6-8-10-18)14-22(31)27(21)26(25)19-11-12-23(35-17(3)30)24(15-19)33-4/h6-12,15,20,26,29H,5,13-14H2,1-4H3/t20-,26-/m1/s1. The lowest BCUT2D eigenvalue weighted by Gasteiger charge is -2.36. The van der Waals surface area contributed by atoms with E-state index >= 15 is 0 Å². The van der Waals surface area contributed by atoms with Crippen molar-refractivity contribution in [3.05, 3.63) is 82.2 Å². The lowest BCUT2D eigenvalue weighted by Crippen LogP contribution is -2.36. The number of rotatable bonds is 6. The molecule has 0 saturated heterocycles. The maximum Gasteiger partial charge on any atom is 0.336 e. The second-order valence-corrected chi connectivity index (χ2v) is 8.65. The number of esters is 2. The van der Waals surface area contributed by atoms with Gasteiger partial charge in [-0.05, 0) is 49.4 Å². The van der Waals surface area contributed by atoms with Gasteiger partial charge in [0.2, 0.25) is 0 Å². The largest absolute Gasteiger partial charge is 0.493 e. The molecule has 0 saturated carbocycles. The number of nitrogens with one attached hydrogen (secondary N) is 1. The van der Waals surface area contributed by atoms with Gasteiger partial charge in [0.05, 0.1) is 19.3 Å². The maximum absolute atomic E-state index is 13.6. The molecule has 0 amide bonds. The van der Waals surface area contributed by atoms with Crippen LogP contribution in [0.25, 0.3) is 0 Å². The first kappa shape index (κ1) is 24.3. The minimum Gasteiger partial charge on any atom is -0.493 e. The molecule has 0 aromatic heterocycles. The average molecular weight is 476 g/mol. The summed E-state index contributed by atoms with van der Waals surface area (Å²) in [7, 11) is 1.47. The van der Waals surface area contributed by atoms with Crippen molar-refractivity contribution in [2.24, 2.45) is 0 Å². The van der Waals surface area contributed by atoms with Crippen molar-refractivity contribution >= 4 is 17.7 Å². The number of hydrogen-bond donors (Lipinski definition) is 1. The lowest BCUT2D eigenvalue weighted by atomic mass is 9.71. The number of benzene rings is 2. The van der Waals surface area contributed by atoms with E-state index in [1.165, 1.54) is 14.0 Å². The third kappa shape index (κ3) is 4.85. The second kappa shape index (κ2) is 10.2. The summed E-state index contributed by atoms with van der Waals surface area (Å²) in [5, 5.41) is 3.34. The van der Waals surface area contributed by atoms with Crippen LogP contribution in [0.15, 0.2) is 71.1 Å². The van der Waals surface area contributed by atoms with Crippen molar-refractivity contribution in [1.29, 1.82) is 0 Å². The number of ether oxygens (including phenoxy) is 3. The molecule has 7 heteroatoms. The minimum absolute atomic E-state index is 0.0186. The Labute approximate surface area is 204 Å². The SMILES string of the molecule is CCOC(=O)C1=C(C)NC2=C(C(=O)C[C@H](c3ccccc3)C2)[C@@H]1c1ccc(OC(C)=O)c(OC)c1. The second-order valence-electron chi connectivity index (χ2n) is 8.65. The van der Waals surface area contributed by atoms with E-state index < -0.39 is 17.9 Å². The summed E-state index contributed by atoms with van der Waals surface area (Å²) in [5.41, 5.74) is 4.20. The van der Waals surface area contributed by atoms with Gasteiger partial charge in [-0.1, -0.05) is 36.4 Å². The number of Topliss-reactive ketones (excluding diaryl/α,β-unsaturated/α-hetero) is 1. The Bertz CT molecular complexity index is 1230. The molecule has 35 heavy (non-hydrogen) atoms. The molecule has 0 bridgehead atoms. The van der Waals surface area contributed by atoms with Crippen molar-refractivity contribution in [1.82, 2.24) is 5.32 Å². The van der Waals surface area contributed by atoms with E-state index in [0.717, 1.165) is 11.3 Å². The molecule has 1 heterocycles. The fourth-order valence-electron chi connectivity index (χ4n) is 4.92. The van der Waals surface area contributed by atoms with Crippen LogP contribution < -0.4 is 14.8 Å². The molecular weight excluding hydrogens is 446 g/mol. The molecule has 0 radical (unpaired) electrons. The molecule has 182 valence electrons. The number of carbonyl (C=O) groups is 3. The van der Waals surface area contributed by atoms with Gasteiger partial charge in [0.25, 0.3) is 0 Å². The summed E-state index contributed by atoms with van der Waals surface area (Å²) in [6, 6.07) is 15.1. The molecule has 0 spiro atoms. The third-order valence-electron chi connectivity index (χ3n) is 6.37. The number of carbonyl (C=O) groups excluding carboxylic acids is 3. The Morgan fingerprint density at radius 1 is 1.03 bits per heavy atom. The van der Waals surface area contributed by atoms with Crippen LogP contribution in [0.4, 0.5) is 0 Å². The molecule has 2 aliphatic rings. The van der Waals surface area contributed by atoms with Gasteiger partial charge in [0.15, 0.2) is 17.3 Å². The molecule has 1 aliphatic heterocycles. The van der Waals surface area contributed by atoms with Gasteiger partial charge in [-0.15, -0.1) is 0 Å². The van der Waals surface area contributed by atoms with Crippen LogP contribution in [-0.2, 0) is 19.1 Å². The van der Waals surface area contributed by atoms with Crippen molar-refractivity contribution in [2.45, 2.75) is 45.4 Å². The Morgan fingerprint density at radius 3 is 2.43 bits per heavy atom. The average Bonchev–Trinajstić information content (AvgIpc) is 2.83. The minimum atomic E-state index is -0.630. The Kier molecular flexibility index (Phi) is 7.05. The van der Waals surface area contributed by atoms with Crippen molar-refractivity contribution in [2.75, 3.05) is 13.7 Å². The highest BCUT2D eigenvalue weighted by atomic mass is 16.6. The Hall–Kier alpha value is -3.87. The first-order chi connectivity index (χ1) is 16.8. The van der Waals surface area contributed by atoms with Gasteiger partial charge in [-0.2, -0.15) is 0 Å². The Balaban J connectivity index is 1.82. The first-order valence-electron chi connectivity index (χ1n) is 11.7. The molecular formula is C28H29NO6. The number of methoxy groups -OCH3 is 1. The summed E-state index contributed by atoms with van der Waals surface area (Å²) in [6.45, 7) is 5.10. The van der Waals surface area contributed by atoms with Crippen molar-refractivity contribution < 1.29 is 28.6 Å². The summed E-state index contributed by atoms with van der Waals surface area (Å²) in [6.07, 6.45) is 0.997. The highest BCUT2D eigenvalue weighted by Crippen LogP contribution is 2.47.